The topological polar surface area (TPSA) is 78.6 Å². The lowest BCUT2D eigenvalue weighted by molar-refractivity contribution is -0.905. The fourth-order valence-corrected chi connectivity index (χ4v) is 2.58. The van der Waals surface area contributed by atoms with E-state index in [-0.39, 0.29) is 17.3 Å². The van der Waals surface area contributed by atoms with Crippen LogP contribution in [0.15, 0.2) is 12.1 Å². The predicted octanol–water partition coefficient (Wildman–Crippen LogP) is 0.958. The number of phenolic OH excluding ortho intramolecular Hbond substituents is 1. The second kappa shape index (κ2) is 6.09. The molecule has 116 valence electrons. The van der Waals surface area contributed by atoms with Crippen LogP contribution in [0.4, 0.5) is 11.4 Å². The molecule has 7 heteroatoms. The molecule has 1 amide bonds. The van der Waals surface area contributed by atoms with Crippen molar-refractivity contribution in [3.05, 3.63) is 17.2 Å². The van der Waals surface area contributed by atoms with E-state index in [0.717, 1.165) is 26.2 Å². The van der Waals surface area contributed by atoms with Gasteiger partial charge in [0, 0.05) is 19.2 Å². The van der Waals surface area contributed by atoms with Gasteiger partial charge in [-0.2, -0.15) is 0 Å². The Morgan fingerprint density at radius 1 is 1.48 bits per heavy atom. The number of nitrogens with zero attached hydrogens (tertiary/aromatic N) is 2. The third kappa shape index (κ3) is 4.00. The summed E-state index contributed by atoms with van der Waals surface area (Å²) in [5, 5.41) is 12.8. The molecule has 1 aromatic carbocycles. The van der Waals surface area contributed by atoms with Gasteiger partial charge in [-0.05, 0) is 13.1 Å². The molecule has 0 unspecified atom stereocenters. The summed E-state index contributed by atoms with van der Waals surface area (Å²) >= 11 is 5.91. The highest BCUT2D eigenvalue weighted by Gasteiger charge is 2.29. The van der Waals surface area contributed by atoms with Crippen molar-refractivity contribution in [2.45, 2.75) is 0 Å². The third-order valence-corrected chi connectivity index (χ3v) is 4.28. The molecular formula is C14H22ClN4O2+. The Labute approximate surface area is 129 Å². The molecule has 0 bridgehead atoms. The molecule has 0 aliphatic carbocycles. The van der Waals surface area contributed by atoms with Crippen LogP contribution in [0.1, 0.15) is 0 Å². The molecule has 0 radical (unpaired) electrons. The second-order valence-electron chi connectivity index (χ2n) is 5.97. The van der Waals surface area contributed by atoms with E-state index in [1.165, 1.54) is 12.1 Å². The van der Waals surface area contributed by atoms with E-state index in [1.807, 2.05) is 0 Å². The molecule has 0 aromatic heterocycles. The van der Waals surface area contributed by atoms with Crippen LogP contribution in [0, 0.1) is 0 Å². The Balaban J connectivity index is 2.00. The maximum atomic E-state index is 12.2. The van der Waals surface area contributed by atoms with Gasteiger partial charge in [-0.25, -0.2) is 0 Å². The first-order valence-electron chi connectivity index (χ1n) is 6.89. The molecule has 1 aliphatic heterocycles. The largest absolute Gasteiger partial charge is 0.506 e. The highest BCUT2D eigenvalue weighted by molar-refractivity contribution is 6.33. The van der Waals surface area contributed by atoms with Crippen LogP contribution in [0.25, 0.3) is 0 Å². The SMILES string of the molecule is CN1CC[N+](C)(CC(=O)Nc2cc(Cl)c(N)cc2O)CC1. The Kier molecular flexibility index (Phi) is 4.61. The summed E-state index contributed by atoms with van der Waals surface area (Å²) < 4.78 is 0.694. The van der Waals surface area contributed by atoms with Crippen molar-refractivity contribution >= 4 is 28.9 Å². The first-order valence-corrected chi connectivity index (χ1v) is 7.27. The minimum absolute atomic E-state index is 0.0775. The molecule has 21 heavy (non-hydrogen) atoms. The van der Waals surface area contributed by atoms with Gasteiger partial charge in [-0.3, -0.25) is 9.69 Å². The molecule has 1 aromatic rings. The number of nitrogens with one attached hydrogen (secondary N) is 1. The fraction of sp³-hybridized carbons (Fsp3) is 0.500. The summed E-state index contributed by atoms with van der Waals surface area (Å²) in [6.45, 7) is 4.18. The van der Waals surface area contributed by atoms with Crippen molar-refractivity contribution in [3.63, 3.8) is 0 Å². The van der Waals surface area contributed by atoms with Crippen molar-refractivity contribution in [3.8, 4) is 5.75 Å². The Hall–Kier alpha value is -1.50. The van der Waals surface area contributed by atoms with E-state index in [9.17, 15) is 9.90 Å². The van der Waals surface area contributed by atoms with E-state index in [2.05, 4.69) is 24.3 Å². The quantitative estimate of drug-likeness (QED) is 0.441. The molecule has 6 nitrogen and oxygen atoms in total. The number of carbonyl (C=O) groups is 1. The zero-order valence-corrected chi connectivity index (χ0v) is 13.2. The van der Waals surface area contributed by atoms with E-state index < -0.39 is 0 Å². The number of rotatable bonds is 3. The first kappa shape index (κ1) is 15.9. The number of phenols is 1. The minimum atomic E-state index is -0.141. The van der Waals surface area contributed by atoms with E-state index in [0.29, 0.717) is 21.7 Å². The number of quaternary nitrogens is 1. The normalized spacial score (nSPS) is 18.4. The highest BCUT2D eigenvalue weighted by Crippen LogP contribution is 2.31. The maximum Gasteiger partial charge on any atom is 0.279 e. The summed E-state index contributed by atoms with van der Waals surface area (Å²) in [6, 6.07) is 2.80. The first-order chi connectivity index (χ1) is 9.79. The molecular weight excluding hydrogens is 292 g/mol. The molecule has 4 N–H and O–H groups in total. The zero-order valence-electron chi connectivity index (χ0n) is 12.4. The lowest BCUT2D eigenvalue weighted by Crippen LogP contribution is -2.58. The van der Waals surface area contributed by atoms with Crippen LogP contribution in [-0.2, 0) is 4.79 Å². The fourth-order valence-electron chi connectivity index (χ4n) is 2.42. The number of hydrogen-bond donors (Lipinski definition) is 3. The molecule has 0 saturated carbocycles. The summed E-state index contributed by atoms with van der Waals surface area (Å²) in [6.07, 6.45) is 0. The summed E-state index contributed by atoms with van der Waals surface area (Å²) in [7, 11) is 4.15. The average molecular weight is 314 g/mol. The number of anilines is 2. The van der Waals surface area contributed by atoms with Crippen LogP contribution in [0.3, 0.4) is 0 Å². The standard InChI is InChI=1S/C14H21ClN4O2/c1-18-3-5-19(2,6-4-18)9-14(21)17-12-7-10(15)11(16)8-13(12)20/h7-8H,3-6,9,16H2,1-2H3,(H-,17,20,21)/p+1. The van der Waals surface area contributed by atoms with Crippen LogP contribution < -0.4 is 11.1 Å². The molecule has 1 saturated heterocycles. The van der Waals surface area contributed by atoms with Gasteiger partial charge in [0.25, 0.3) is 5.91 Å². The predicted molar refractivity (Wildman–Crippen MR) is 84.4 cm³/mol. The second-order valence-corrected chi connectivity index (χ2v) is 6.37. The third-order valence-electron chi connectivity index (χ3n) is 3.96. The highest BCUT2D eigenvalue weighted by atomic mass is 35.5. The van der Waals surface area contributed by atoms with Gasteiger partial charge in [-0.15, -0.1) is 0 Å². The number of benzene rings is 1. The number of likely N-dealkylation sites (N-methyl/N-ethyl adjacent to an activating group) is 2. The number of halogens is 1. The van der Waals surface area contributed by atoms with E-state index >= 15 is 0 Å². The molecule has 0 atom stereocenters. The summed E-state index contributed by atoms with van der Waals surface area (Å²) in [5.41, 5.74) is 6.17. The number of nitrogen functional groups attached to an aromatic ring is 1. The minimum Gasteiger partial charge on any atom is -0.506 e. The number of piperazine rings is 1. The van der Waals surface area contributed by atoms with Crippen molar-refractivity contribution in [2.75, 3.05) is 57.9 Å². The van der Waals surface area contributed by atoms with Crippen molar-refractivity contribution in [1.29, 1.82) is 0 Å². The lowest BCUT2D eigenvalue weighted by Gasteiger charge is -2.40. The van der Waals surface area contributed by atoms with Crippen LogP contribution in [-0.4, -0.2) is 67.2 Å². The Morgan fingerprint density at radius 3 is 2.71 bits per heavy atom. The Morgan fingerprint density at radius 2 is 2.10 bits per heavy atom. The van der Waals surface area contributed by atoms with Gasteiger partial charge < -0.3 is 20.6 Å². The maximum absolute atomic E-state index is 12.2. The van der Waals surface area contributed by atoms with Gasteiger partial charge in [0.2, 0.25) is 0 Å². The lowest BCUT2D eigenvalue weighted by atomic mass is 10.2. The number of nitrogens with two attached hydrogens (primary N) is 1. The van der Waals surface area contributed by atoms with Crippen molar-refractivity contribution < 1.29 is 14.4 Å². The number of amides is 1. The van der Waals surface area contributed by atoms with Gasteiger partial charge in [-0.1, -0.05) is 11.6 Å². The number of aromatic hydroxyl groups is 1. The van der Waals surface area contributed by atoms with Gasteiger partial charge in [0.15, 0.2) is 6.54 Å². The van der Waals surface area contributed by atoms with Crippen molar-refractivity contribution in [1.82, 2.24) is 4.90 Å². The molecule has 1 heterocycles. The molecule has 2 rings (SSSR count). The monoisotopic (exact) mass is 313 g/mol. The van der Waals surface area contributed by atoms with Crippen LogP contribution >= 0.6 is 11.6 Å². The van der Waals surface area contributed by atoms with Gasteiger partial charge >= 0.3 is 0 Å². The zero-order chi connectivity index (χ0) is 15.6. The number of hydrogen-bond acceptors (Lipinski definition) is 4. The van der Waals surface area contributed by atoms with E-state index in [1.54, 1.807) is 0 Å². The van der Waals surface area contributed by atoms with Gasteiger partial charge in [0.05, 0.1) is 36.5 Å². The molecule has 1 fully saturated rings. The van der Waals surface area contributed by atoms with E-state index in [4.69, 9.17) is 17.3 Å². The molecule has 1 aliphatic rings. The summed E-state index contributed by atoms with van der Waals surface area (Å²) in [5.74, 6) is -0.218. The Bertz CT molecular complexity index is 542. The number of carbonyl (C=O) groups excluding carboxylic acids is 1. The van der Waals surface area contributed by atoms with Crippen molar-refractivity contribution in [2.24, 2.45) is 0 Å². The smallest absolute Gasteiger partial charge is 0.279 e. The summed E-state index contributed by atoms with van der Waals surface area (Å²) in [4.78, 5) is 14.4. The van der Waals surface area contributed by atoms with Crippen LogP contribution in [0.5, 0.6) is 5.75 Å². The average Bonchev–Trinajstić information content (AvgIpc) is 2.39. The molecule has 0 spiro atoms. The van der Waals surface area contributed by atoms with Crippen LogP contribution in [0.2, 0.25) is 5.02 Å². The van der Waals surface area contributed by atoms with Gasteiger partial charge in [0.1, 0.15) is 5.75 Å².